The highest BCUT2D eigenvalue weighted by Gasteiger charge is 2.23. The molecular weight excluding hydrogens is 402 g/mol. The zero-order valence-electron chi connectivity index (χ0n) is 16.3. The van der Waals surface area contributed by atoms with Crippen molar-refractivity contribution in [3.05, 3.63) is 58.1 Å². The van der Waals surface area contributed by atoms with Crippen molar-refractivity contribution in [3.8, 4) is 0 Å². The molecule has 0 aliphatic heterocycles. The van der Waals surface area contributed by atoms with E-state index in [0.29, 0.717) is 10.6 Å². The first-order chi connectivity index (χ1) is 14.5. The van der Waals surface area contributed by atoms with Crippen LogP contribution < -0.4 is 11.1 Å². The van der Waals surface area contributed by atoms with Crippen LogP contribution in [0, 0.1) is 0 Å². The summed E-state index contributed by atoms with van der Waals surface area (Å²) in [7, 11) is 0. The molecule has 2 amide bonds. The fourth-order valence-corrected chi connectivity index (χ4v) is 4.56. The quantitative estimate of drug-likeness (QED) is 0.482. The Balaban J connectivity index is 1.56. The maximum Gasteiger partial charge on any atom is 0.339 e. The first-order valence-corrected chi connectivity index (χ1v) is 10.7. The highest BCUT2D eigenvalue weighted by Crippen LogP contribution is 2.29. The van der Waals surface area contributed by atoms with Crippen LogP contribution in [-0.2, 0) is 22.4 Å². The van der Waals surface area contributed by atoms with Crippen molar-refractivity contribution >= 4 is 45.0 Å². The van der Waals surface area contributed by atoms with Crippen LogP contribution in [0.5, 0.6) is 0 Å². The largest absolute Gasteiger partial charge is 0.452 e. The minimum atomic E-state index is -0.630. The van der Waals surface area contributed by atoms with Gasteiger partial charge in [0.25, 0.3) is 11.8 Å². The van der Waals surface area contributed by atoms with Crippen LogP contribution in [0.1, 0.15) is 51.2 Å². The molecule has 1 aromatic carbocycles. The second-order valence-corrected chi connectivity index (χ2v) is 8.06. The Morgan fingerprint density at radius 1 is 1.10 bits per heavy atom. The smallest absolute Gasteiger partial charge is 0.339 e. The molecule has 8 heteroatoms. The fraction of sp³-hybridized carbons (Fsp3) is 0.273. The number of hydrogen-bond acceptors (Lipinski definition) is 6. The summed E-state index contributed by atoms with van der Waals surface area (Å²) in [4.78, 5) is 41.5. The Labute approximate surface area is 177 Å². The minimum Gasteiger partial charge on any atom is -0.452 e. The number of nitrogens with one attached hydrogen (secondary N) is 1. The van der Waals surface area contributed by atoms with Crippen LogP contribution in [0.3, 0.4) is 0 Å². The Hall–Kier alpha value is -3.26. The normalized spacial score (nSPS) is 13.3. The van der Waals surface area contributed by atoms with Gasteiger partial charge in [-0.3, -0.25) is 14.6 Å². The molecule has 0 bridgehead atoms. The van der Waals surface area contributed by atoms with Crippen molar-refractivity contribution in [2.24, 2.45) is 5.73 Å². The molecule has 7 nitrogen and oxygen atoms in total. The van der Waals surface area contributed by atoms with E-state index in [1.165, 1.54) is 17.4 Å². The van der Waals surface area contributed by atoms with Gasteiger partial charge in [-0.1, -0.05) is 24.6 Å². The number of aryl methyl sites for hydroxylation is 1. The van der Waals surface area contributed by atoms with Gasteiger partial charge in [-0.05, 0) is 48.8 Å². The van der Waals surface area contributed by atoms with Gasteiger partial charge in [-0.15, -0.1) is 11.3 Å². The van der Waals surface area contributed by atoms with Gasteiger partial charge < -0.3 is 15.8 Å². The highest BCUT2D eigenvalue weighted by molar-refractivity contribution is 7.14. The molecule has 0 radical (unpaired) electrons. The van der Waals surface area contributed by atoms with Crippen LogP contribution in [0.25, 0.3) is 10.9 Å². The number of esters is 1. The van der Waals surface area contributed by atoms with Gasteiger partial charge >= 0.3 is 5.97 Å². The molecule has 3 N–H and O–H groups in total. The van der Waals surface area contributed by atoms with Gasteiger partial charge in [0.15, 0.2) is 6.61 Å². The summed E-state index contributed by atoms with van der Waals surface area (Å²) >= 11 is 1.18. The summed E-state index contributed by atoms with van der Waals surface area (Å²) in [5.41, 5.74) is 8.62. The number of hydrogen-bond donors (Lipinski definition) is 2. The molecule has 0 spiro atoms. The van der Waals surface area contributed by atoms with E-state index in [1.54, 1.807) is 5.38 Å². The Bertz CT molecular complexity index is 1140. The molecule has 0 saturated heterocycles. The molecule has 0 atom stereocenters. The number of benzene rings is 1. The summed E-state index contributed by atoms with van der Waals surface area (Å²) in [5.74, 6) is -1.70. The average Bonchev–Trinajstić information content (AvgIpc) is 3.07. The van der Waals surface area contributed by atoms with Crippen molar-refractivity contribution in [1.82, 2.24) is 4.98 Å². The Kier molecular flexibility index (Phi) is 5.76. The third-order valence-corrected chi connectivity index (χ3v) is 5.97. The molecule has 154 valence electrons. The van der Waals surface area contributed by atoms with E-state index >= 15 is 0 Å². The van der Waals surface area contributed by atoms with Gasteiger partial charge in [-0.2, -0.15) is 0 Å². The van der Waals surface area contributed by atoms with Crippen LogP contribution in [0.15, 0.2) is 35.7 Å². The second-order valence-electron chi connectivity index (χ2n) is 7.14. The number of anilines is 1. The van der Waals surface area contributed by atoms with E-state index in [0.717, 1.165) is 54.3 Å². The monoisotopic (exact) mass is 423 g/mol. The van der Waals surface area contributed by atoms with Crippen LogP contribution >= 0.6 is 11.3 Å². The zero-order chi connectivity index (χ0) is 21.1. The first-order valence-electron chi connectivity index (χ1n) is 9.79. The first kappa shape index (κ1) is 20.0. The zero-order valence-corrected chi connectivity index (χ0v) is 17.1. The number of pyridine rings is 1. The number of aromatic nitrogens is 1. The maximum absolute atomic E-state index is 13.0. The van der Waals surface area contributed by atoms with E-state index in [4.69, 9.17) is 15.5 Å². The molecule has 30 heavy (non-hydrogen) atoms. The van der Waals surface area contributed by atoms with Crippen molar-refractivity contribution in [2.45, 2.75) is 32.1 Å². The van der Waals surface area contributed by atoms with E-state index in [-0.39, 0.29) is 5.56 Å². The SMILES string of the molecule is NC(=O)c1ccsc1NC(=O)COC(=O)c1c2c(nc3ccccc13)CCCCC2. The lowest BCUT2D eigenvalue weighted by Crippen LogP contribution is -2.23. The van der Waals surface area contributed by atoms with Crippen molar-refractivity contribution in [1.29, 1.82) is 0 Å². The van der Waals surface area contributed by atoms with Crippen molar-refractivity contribution < 1.29 is 19.1 Å². The molecule has 0 fully saturated rings. The summed E-state index contributed by atoms with van der Waals surface area (Å²) in [6, 6.07) is 9.02. The minimum absolute atomic E-state index is 0.227. The summed E-state index contributed by atoms with van der Waals surface area (Å²) in [5, 5.41) is 5.30. The van der Waals surface area contributed by atoms with Gasteiger partial charge in [-0.25, -0.2) is 4.79 Å². The number of carbonyl (C=O) groups is 3. The molecule has 4 rings (SSSR count). The molecule has 0 unspecified atom stereocenters. The lowest BCUT2D eigenvalue weighted by atomic mass is 9.97. The molecule has 2 aromatic heterocycles. The third kappa shape index (κ3) is 4.04. The highest BCUT2D eigenvalue weighted by atomic mass is 32.1. The summed E-state index contributed by atoms with van der Waals surface area (Å²) < 4.78 is 5.36. The molecule has 3 aromatic rings. The number of ether oxygens (including phenoxy) is 1. The number of rotatable bonds is 5. The van der Waals surface area contributed by atoms with Gasteiger partial charge in [0.05, 0.1) is 16.6 Å². The number of para-hydroxylation sites is 1. The third-order valence-electron chi connectivity index (χ3n) is 5.14. The number of primary amides is 1. The second kappa shape index (κ2) is 8.62. The number of amides is 2. The number of carbonyl (C=O) groups excluding carboxylic acids is 3. The number of nitrogens with zero attached hydrogens (tertiary/aromatic N) is 1. The van der Waals surface area contributed by atoms with Crippen molar-refractivity contribution in [3.63, 3.8) is 0 Å². The summed E-state index contributed by atoms with van der Waals surface area (Å²) in [6.45, 7) is -0.458. The van der Waals surface area contributed by atoms with Crippen LogP contribution in [0.4, 0.5) is 5.00 Å². The number of nitrogens with two attached hydrogens (primary N) is 1. The Morgan fingerprint density at radius 2 is 1.90 bits per heavy atom. The molecule has 2 heterocycles. The van der Waals surface area contributed by atoms with E-state index in [1.807, 2.05) is 24.3 Å². The van der Waals surface area contributed by atoms with Crippen LogP contribution in [-0.4, -0.2) is 29.4 Å². The molecular formula is C22H21N3O4S. The lowest BCUT2D eigenvalue weighted by Gasteiger charge is -2.15. The Morgan fingerprint density at radius 3 is 2.73 bits per heavy atom. The molecule has 0 saturated carbocycles. The maximum atomic E-state index is 13.0. The number of thiophene rings is 1. The van der Waals surface area contributed by atoms with Gasteiger partial charge in [0, 0.05) is 11.1 Å². The van der Waals surface area contributed by atoms with Crippen molar-refractivity contribution in [2.75, 3.05) is 11.9 Å². The van der Waals surface area contributed by atoms with E-state index in [2.05, 4.69) is 5.32 Å². The molecule has 1 aliphatic carbocycles. The van der Waals surface area contributed by atoms with E-state index in [9.17, 15) is 14.4 Å². The fourth-order valence-electron chi connectivity index (χ4n) is 3.75. The lowest BCUT2D eigenvalue weighted by molar-refractivity contribution is -0.119. The standard InChI is InChI=1S/C22H21N3O4S/c23-20(27)15-10-11-30-21(15)25-18(26)12-29-22(28)19-13-6-2-1-3-8-16(13)24-17-9-5-4-7-14(17)19/h4-5,7,9-11H,1-3,6,8,12H2,(H2,23,27)(H,25,26). The predicted molar refractivity (Wildman–Crippen MR) is 115 cm³/mol. The van der Waals surface area contributed by atoms with Gasteiger partial charge in [0.1, 0.15) is 5.00 Å². The van der Waals surface area contributed by atoms with Gasteiger partial charge in [0.2, 0.25) is 0 Å². The predicted octanol–water partition coefficient (Wildman–Crippen LogP) is 3.46. The summed E-state index contributed by atoms with van der Waals surface area (Å²) in [6.07, 6.45) is 4.71. The van der Waals surface area contributed by atoms with E-state index < -0.39 is 24.4 Å². The average molecular weight is 423 g/mol. The van der Waals surface area contributed by atoms with Crippen LogP contribution in [0.2, 0.25) is 0 Å². The molecule has 1 aliphatic rings. The number of fused-ring (bicyclic) bond motifs is 2. The topological polar surface area (TPSA) is 111 Å².